The summed E-state index contributed by atoms with van der Waals surface area (Å²) in [7, 11) is 0. The van der Waals surface area contributed by atoms with Gasteiger partial charge in [0.25, 0.3) is 0 Å². The van der Waals surface area contributed by atoms with Gasteiger partial charge in [0, 0.05) is 29.4 Å². The molecule has 0 fully saturated rings. The van der Waals surface area contributed by atoms with E-state index in [1.54, 1.807) is 11.3 Å². The Balaban J connectivity index is 2.28. The van der Waals surface area contributed by atoms with Gasteiger partial charge in [-0.2, -0.15) is 5.10 Å². The van der Waals surface area contributed by atoms with Gasteiger partial charge in [-0.25, -0.2) is 4.98 Å². The minimum Gasteiger partial charge on any atom is -0.304 e. The highest BCUT2D eigenvalue weighted by Gasteiger charge is 2.17. The number of nitrogens with one attached hydrogen (secondary N) is 1. The second kappa shape index (κ2) is 5.42. The van der Waals surface area contributed by atoms with Crippen LogP contribution in [0.4, 0.5) is 0 Å². The van der Waals surface area contributed by atoms with E-state index in [1.807, 2.05) is 17.8 Å². The third-order valence-corrected chi connectivity index (χ3v) is 3.63. The van der Waals surface area contributed by atoms with E-state index in [9.17, 15) is 0 Å². The molecule has 0 saturated carbocycles. The molecule has 2 aromatic heterocycles. The lowest BCUT2D eigenvalue weighted by Gasteiger charge is -2.13. The van der Waals surface area contributed by atoms with Crippen LogP contribution < -0.4 is 5.32 Å². The Labute approximate surface area is 106 Å². The van der Waals surface area contributed by atoms with Gasteiger partial charge >= 0.3 is 0 Å². The first-order valence-electron chi connectivity index (χ1n) is 5.92. The van der Waals surface area contributed by atoms with E-state index in [0.29, 0.717) is 0 Å². The van der Waals surface area contributed by atoms with Crippen LogP contribution in [0.5, 0.6) is 0 Å². The number of hydrogen-bond donors (Lipinski definition) is 1. The molecule has 1 atom stereocenters. The normalized spacial score (nSPS) is 12.9. The van der Waals surface area contributed by atoms with Gasteiger partial charge in [-0.15, -0.1) is 11.3 Å². The molecule has 0 saturated heterocycles. The minimum absolute atomic E-state index is 0.166. The number of hydrogen-bond acceptors (Lipinski definition) is 4. The van der Waals surface area contributed by atoms with Crippen LogP contribution in [0.25, 0.3) is 0 Å². The molecule has 0 bridgehead atoms. The molecule has 17 heavy (non-hydrogen) atoms. The van der Waals surface area contributed by atoms with Crippen molar-refractivity contribution >= 4 is 11.3 Å². The first kappa shape index (κ1) is 12.3. The lowest BCUT2D eigenvalue weighted by molar-refractivity contribution is 0.621. The van der Waals surface area contributed by atoms with Crippen molar-refractivity contribution in [3.05, 3.63) is 34.0 Å². The molecule has 92 valence electrons. The van der Waals surface area contributed by atoms with Crippen LogP contribution in [-0.4, -0.2) is 21.3 Å². The molecule has 2 rings (SSSR count). The smallest absolute Gasteiger partial charge is 0.114 e. The largest absolute Gasteiger partial charge is 0.304 e. The van der Waals surface area contributed by atoms with Crippen molar-refractivity contribution < 1.29 is 0 Å². The van der Waals surface area contributed by atoms with Crippen molar-refractivity contribution in [3.8, 4) is 0 Å². The summed E-state index contributed by atoms with van der Waals surface area (Å²) >= 11 is 1.70. The van der Waals surface area contributed by atoms with Crippen LogP contribution in [0.15, 0.2) is 17.8 Å². The molecule has 1 unspecified atom stereocenters. The summed E-state index contributed by atoms with van der Waals surface area (Å²) in [6.45, 7) is 8.04. The van der Waals surface area contributed by atoms with Crippen LogP contribution in [0.1, 0.15) is 36.2 Å². The summed E-state index contributed by atoms with van der Waals surface area (Å²) in [6, 6.07) is 0.166. The second-order valence-electron chi connectivity index (χ2n) is 3.95. The predicted octanol–water partition coefficient (Wildman–Crippen LogP) is 2.37. The van der Waals surface area contributed by atoms with Crippen LogP contribution in [0, 0.1) is 6.92 Å². The van der Waals surface area contributed by atoms with Crippen molar-refractivity contribution in [3.63, 3.8) is 0 Å². The molecule has 0 radical (unpaired) electrons. The summed E-state index contributed by atoms with van der Waals surface area (Å²) in [5, 5.41) is 11.0. The maximum atomic E-state index is 4.56. The van der Waals surface area contributed by atoms with Crippen LogP contribution in [0.3, 0.4) is 0 Å². The summed E-state index contributed by atoms with van der Waals surface area (Å²) in [6.07, 6.45) is 4.01. The number of nitrogens with zero attached hydrogens (tertiary/aromatic N) is 3. The lowest BCUT2D eigenvalue weighted by Crippen LogP contribution is -2.21. The van der Waals surface area contributed by atoms with Gasteiger partial charge in [0.15, 0.2) is 0 Å². The molecule has 2 heterocycles. The monoisotopic (exact) mass is 250 g/mol. The molecule has 0 aliphatic heterocycles. The van der Waals surface area contributed by atoms with E-state index < -0.39 is 0 Å². The highest BCUT2D eigenvalue weighted by molar-refractivity contribution is 7.09. The number of thiazole rings is 1. The zero-order chi connectivity index (χ0) is 12.3. The van der Waals surface area contributed by atoms with Gasteiger partial charge in [-0.05, 0) is 20.4 Å². The molecule has 4 nitrogen and oxygen atoms in total. The Morgan fingerprint density at radius 3 is 2.82 bits per heavy atom. The van der Waals surface area contributed by atoms with E-state index in [2.05, 4.69) is 40.8 Å². The average molecular weight is 250 g/mol. The fourth-order valence-corrected chi connectivity index (χ4v) is 2.65. The van der Waals surface area contributed by atoms with Gasteiger partial charge in [-0.1, -0.05) is 6.92 Å². The van der Waals surface area contributed by atoms with Crippen molar-refractivity contribution in [1.82, 2.24) is 20.1 Å². The topological polar surface area (TPSA) is 42.7 Å². The van der Waals surface area contributed by atoms with Gasteiger partial charge in [-0.3, -0.25) is 4.68 Å². The molecule has 2 aromatic rings. The lowest BCUT2D eigenvalue weighted by atomic mass is 10.1. The van der Waals surface area contributed by atoms with E-state index in [1.165, 1.54) is 5.56 Å². The van der Waals surface area contributed by atoms with Crippen LogP contribution in [-0.2, 0) is 6.54 Å². The summed E-state index contributed by atoms with van der Waals surface area (Å²) in [5.41, 5.74) is 2.26. The summed E-state index contributed by atoms with van der Waals surface area (Å²) in [4.78, 5) is 4.56. The predicted molar refractivity (Wildman–Crippen MR) is 70.3 cm³/mol. The van der Waals surface area contributed by atoms with E-state index >= 15 is 0 Å². The average Bonchev–Trinajstić information content (AvgIpc) is 2.94. The Morgan fingerprint density at radius 1 is 1.47 bits per heavy atom. The zero-order valence-electron chi connectivity index (χ0n) is 10.5. The molecule has 5 heteroatoms. The number of aromatic nitrogens is 3. The Bertz CT molecular complexity index is 474. The highest BCUT2D eigenvalue weighted by atomic mass is 32.1. The van der Waals surface area contributed by atoms with Crippen molar-refractivity contribution in [2.45, 2.75) is 33.4 Å². The molecular weight excluding hydrogens is 232 g/mol. The summed E-state index contributed by atoms with van der Waals surface area (Å²) in [5.74, 6) is 0. The van der Waals surface area contributed by atoms with Gasteiger partial charge in [0.1, 0.15) is 5.01 Å². The Kier molecular flexibility index (Phi) is 3.91. The van der Waals surface area contributed by atoms with Gasteiger partial charge in [0.05, 0.1) is 12.2 Å². The SMILES string of the molecule is CCNC(c1cnn(CC)c1)c1nc(C)cs1. The van der Waals surface area contributed by atoms with E-state index in [0.717, 1.165) is 23.8 Å². The maximum absolute atomic E-state index is 4.56. The first-order valence-corrected chi connectivity index (χ1v) is 6.80. The minimum atomic E-state index is 0.166. The molecule has 0 amide bonds. The number of rotatable bonds is 5. The fraction of sp³-hybridized carbons (Fsp3) is 0.500. The Hall–Kier alpha value is -1.20. The molecular formula is C12H18N4S. The third-order valence-electron chi connectivity index (χ3n) is 2.60. The molecule has 0 aliphatic carbocycles. The van der Waals surface area contributed by atoms with Crippen LogP contribution in [0.2, 0.25) is 0 Å². The Morgan fingerprint density at radius 2 is 2.29 bits per heavy atom. The van der Waals surface area contributed by atoms with Crippen molar-refractivity contribution in [1.29, 1.82) is 0 Å². The standard InChI is InChI=1S/C12H18N4S/c1-4-13-11(12-15-9(3)8-17-12)10-6-14-16(5-2)7-10/h6-8,11,13H,4-5H2,1-3H3. The summed E-state index contributed by atoms with van der Waals surface area (Å²) < 4.78 is 1.94. The third kappa shape index (κ3) is 2.73. The molecule has 0 aliphatic rings. The van der Waals surface area contributed by atoms with Crippen molar-refractivity contribution in [2.75, 3.05) is 6.54 Å². The zero-order valence-corrected chi connectivity index (χ0v) is 11.3. The molecule has 0 spiro atoms. The van der Waals surface area contributed by atoms with E-state index in [4.69, 9.17) is 0 Å². The maximum Gasteiger partial charge on any atom is 0.114 e. The van der Waals surface area contributed by atoms with E-state index in [-0.39, 0.29) is 6.04 Å². The van der Waals surface area contributed by atoms with Gasteiger partial charge < -0.3 is 5.32 Å². The molecule has 0 aromatic carbocycles. The molecule has 1 N–H and O–H groups in total. The fourth-order valence-electron chi connectivity index (χ4n) is 1.76. The quantitative estimate of drug-likeness (QED) is 0.886. The second-order valence-corrected chi connectivity index (χ2v) is 4.84. The highest BCUT2D eigenvalue weighted by Crippen LogP contribution is 2.24. The van der Waals surface area contributed by atoms with Gasteiger partial charge in [0.2, 0.25) is 0 Å². The van der Waals surface area contributed by atoms with Crippen molar-refractivity contribution in [2.24, 2.45) is 0 Å². The van der Waals surface area contributed by atoms with Crippen LogP contribution >= 0.6 is 11.3 Å². The number of aryl methyl sites for hydroxylation is 2. The first-order chi connectivity index (χ1) is 8.24.